The van der Waals surface area contributed by atoms with E-state index in [0.717, 1.165) is 18.1 Å². The molecule has 0 unspecified atom stereocenters. The number of rotatable bonds is 0. The SMILES string of the molecule is CC(=O)O.Oc1cc2cc-2c1O. The fourth-order valence-corrected chi connectivity index (χ4v) is 0.798. The van der Waals surface area contributed by atoms with E-state index < -0.39 is 5.97 Å². The first-order valence-electron chi connectivity index (χ1n) is 3.28. The van der Waals surface area contributed by atoms with Crippen LogP contribution in [0.5, 0.6) is 11.5 Å². The Morgan fingerprint density at radius 3 is 2.00 bits per heavy atom. The van der Waals surface area contributed by atoms with E-state index in [4.69, 9.17) is 20.1 Å². The standard InChI is InChI=1S/C6H4O2.C2H4O2/c7-5-2-3-1-4(3)6(5)8;1-2(3)4/h1-2,7-8H;1H3,(H,3,4). The third-order valence-corrected chi connectivity index (χ3v) is 1.32. The van der Waals surface area contributed by atoms with Crippen LogP contribution >= 0.6 is 0 Å². The molecular formula is C8H8O4. The van der Waals surface area contributed by atoms with Crippen LogP contribution in [0.1, 0.15) is 6.92 Å². The molecule has 3 N–H and O–H groups in total. The second kappa shape index (κ2) is 2.73. The molecule has 0 aromatic rings. The number of hydrogen-bond donors (Lipinski definition) is 3. The van der Waals surface area contributed by atoms with Crippen molar-refractivity contribution in [3.8, 4) is 22.6 Å². The summed E-state index contributed by atoms with van der Waals surface area (Å²) in [4.78, 5) is 9.00. The molecule has 4 heteroatoms. The minimum absolute atomic E-state index is 0.00231. The third kappa shape index (κ3) is 1.66. The molecule has 0 aromatic carbocycles. The second-order valence-corrected chi connectivity index (χ2v) is 2.41. The summed E-state index contributed by atoms with van der Waals surface area (Å²) >= 11 is 0. The Bertz CT molecular complexity index is 326. The molecule has 0 atom stereocenters. The van der Waals surface area contributed by atoms with Gasteiger partial charge in [0.1, 0.15) is 0 Å². The van der Waals surface area contributed by atoms with Crippen molar-refractivity contribution in [2.45, 2.75) is 6.92 Å². The Labute approximate surface area is 68.7 Å². The molecule has 0 spiro atoms. The maximum absolute atomic E-state index is 9.00. The van der Waals surface area contributed by atoms with Gasteiger partial charge < -0.3 is 15.3 Å². The summed E-state index contributed by atoms with van der Waals surface area (Å²) in [6.45, 7) is 1.08. The molecule has 0 radical (unpaired) electrons. The Hall–Kier alpha value is -1.71. The number of hydrogen-bond acceptors (Lipinski definition) is 3. The molecule has 0 bridgehead atoms. The molecular weight excluding hydrogens is 160 g/mol. The molecule has 2 aliphatic carbocycles. The van der Waals surface area contributed by atoms with E-state index in [9.17, 15) is 0 Å². The Balaban J connectivity index is 0.000000157. The molecule has 0 aromatic heterocycles. The molecule has 64 valence electrons. The zero-order valence-electron chi connectivity index (χ0n) is 6.40. The molecule has 2 rings (SSSR count). The van der Waals surface area contributed by atoms with Gasteiger partial charge in [0.2, 0.25) is 0 Å². The van der Waals surface area contributed by atoms with Gasteiger partial charge in [-0.1, -0.05) is 0 Å². The molecule has 0 heterocycles. The van der Waals surface area contributed by atoms with Gasteiger partial charge in [-0.25, -0.2) is 0 Å². The number of carboxylic acid groups (broad SMARTS) is 1. The number of carbonyl (C=O) groups is 1. The lowest BCUT2D eigenvalue weighted by atomic mass is 10.5. The van der Waals surface area contributed by atoms with E-state index >= 15 is 0 Å². The summed E-state index contributed by atoms with van der Waals surface area (Å²) in [6.07, 6.45) is 0. The molecule has 0 aliphatic heterocycles. The maximum atomic E-state index is 9.00. The highest BCUT2D eigenvalue weighted by Crippen LogP contribution is 2.49. The Kier molecular flexibility index (Phi) is 1.91. The van der Waals surface area contributed by atoms with Gasteiger partial charge in [0.15, 0.2) is 11.5 Å². The van der Waals surface area contributed by atoms with E-state index in [2.05, 4.69) is 0 Å². The highest BCUT2D eigenvalue weighted by Gasteiger charge is 2.21. The predicted octanol–water partition coefficient (Wildman–Crippen LogP) is 1.17. The quantitative estimate of drug-likeness (QED) is 0.516. The number of phenols is 2. The Morgan fingerprint density at radius 2 is 1.83 bits per heavy atom. The summed E-state index contributed by atoms with van der Waals surface area (Å²) in [5.74, 6) is -0.808. The van der Waals surface area contributed by atoms with Gasteiger partial charge in [0, 0.05) is 12.5 Å². The predicted molar refractivity (Wildman–Crippen MR) is 42.1 cm³/mol. The first kappa shape index (κ1) is 8.39. The van der Waals surface area contributed by atoms with Gasteiger partial charge in [-0.2, -0.15) is 0 Å². The van der Waals surface area contributed by atoms with Gasteiger partial charge in [-0.3, -0.25) is 4.79 Å². The third-order valence-electron chi connectivity index (χ3n) is 1.32. The molecule has 0 amide bonds. The van der Waals surface area contributed by atoms with Crippen molar-refractivity contribution >= 4 is 5.97 Å². The van der Waals surface area contributed by atoms with Crippen LogP contribution in [0.15, 0.2) is 12.1 Å². The largest absolute Gasteiger partial charge is 0.504 e. The smallest absolute Gasteiger partial charge is 0.300 e. The fourth-order valence-electron chi connectivity index (χ4n) is 0.798. The average Bonchev–Trinajstić information content (AvgIpc) is 2.59. The number of phenolic OH excluding ortho intramolecular Hbond substituents is 2. The minimum atomic E-state index is -0.833. The van der Waals surface area contributed by atoms with Crippen molar-refractivity contribution in [2.24, 2.45) is 0 Å². The Morgan fingerprint density at radius 1 is 1.33 bits per heavy atom. The van der Waals surface area contributed by atoms with Crippen LogP contribution in [0.25, 0.3) is 11.1 Å². The van der Waals surface area contributed by atoms with Gasteiger partial charge >= 0.3 is 0 Å². The minimum Gasteiger partial charge on any atom is -0.504 e. The molecule has 0 saturated carbocycles. The fraction of sp³-hybridized carbons (Fsp3) is 0.125. The van der Waals surface area contributed by atoms with Crippen LogP contribution in [0, 0.1) is 0 Å². The van der Waals surface area contributed by atoms with E-state index in [1.165, 1.54) is 0 Å². The van der Waals surface area contributed by atoms with E-state index in [1.54, 1.807) is 6.07 Å². The number of aromatic hydroxyl groups is 2. The lowest BCUT2D eigenvalue weighted by molar-refractivity contribution is -0.134. The summed E-state index contributed by atoms with van der Waals surface area (Å²) < 4.78 is 0. The van der Waals surface area contributed by atoms with Crippen molar-refractivity contribution in [1.82, 2.24) is 0 Å². The van der Waals surface area contributed by atoms with E-state index in [1.807, 2.05) is 6.07 Å². The van der Waals surface area contributed by atoms with Crippen molar-refractivity contribution in [1.29, 1.82) is 0 Å². The molecule has 2 aliphatic rings. The lowest BCUT2D eigenvalue weighted by Gasteiger charge is -1.82. The van der Waals surface area contributed by atoms with Crippen molar-refractivity contribution in [3.63, 3.8) is 0 Å². The van der Waals surface area contributed by atoms with Gasteiger partial charge in [-0.15, -0.1) is 0 Å². The van der Waals surface area contributed by atoms with Gasteiger partial charge in [0.05, 0.1) is 0 Å². The van der Waals surface area contributed by atoms with Crippen LogP contribution in [0.2, 0.25) is 0 Å². The first-order valence-corrected chi connectivity index (χ1v) is 3.28. The van der Waals surface area contributed by atoms with Crippen molar-refractivity contribution < 1.29 is 20.1 Å². The molecule has 12 heavy (non-hydrogen) atoms. The zero-order chi connectivity index (χ0) is 9.30. The van der Waals surface area contributed by atoms with E-state index in [-0.39, 0.29) is 11.5 Å². The summed E-state index contributed by atoms with van der Waals surface area (Å²) in [5.41, 5.74) is 1.75. The van der Waals surface area contributed by atoms with Crippen LogP contribution in [0.4, 0.5) is 0 Å². The van der Waals surface area contributed by atoms with Crippen LogP contribution in [-0.4, -0.2) is 21.3 Å². The highest BCUT2D eigenvalue weighted by atomic mass is 16.4. The number of carboxylic acids is 1. The van der Waals surface area contributed by atoms with Crippen LogP contribution in [-0.2, 0) is 4.79 Å². The topological polar surface area (TPSA) is 77.8 Å². The normalized spacial score (nSPS) is 9.75. The lowest BCUT2D eigenvalue weighted by Crippen LogP contribution is -1.78. The second-order valence-electron chi connectivity index (χ2n) is 2.41. The molecule has 0 saturated heterocycles. The number of aliphatic carboxylic acids is 1. The highest BCUT2D eigenvalue weighted by molar-refractivity contribution is 5.90. The average molecular weight is 168 g/mol. The van der Waals surface area contributed by atoms with Crippen molar-refractivity contribution in [2.75, 3.05) is 0 Å². The summed E-state index contributed by atoms with van der Waals surface area (Å²) in [5, 5.41) is 24.9. The molecule has 0 fully saturated rings. The monoisotopic (exact) mass is 168 g/mol. The van der Waals surface area contributed by atoms with Gasteiger partial charge in [-0.05, 0) is 17.7 Å². The van der Waals surface area contributed by atoms with Gasteiger partial charge in [0.25, 0.3) is 5.97 Å². The molecule has 4 nitrogen and oxygen atoms in total. The van der Waals surface area contributed by atoms with Crippen LogP contribution < -0.4 is 0 Å². The van der Waals surface area contributed by atoms with E-state index in [0.29, 0.717) is 0 Å². The maximum Gasteiger partial charge on any atom is 0.300 e. The summed E-state index contributed by atoms with van der Waals surface area (Å²) in [6, 6.07) is 3.36. The number of benzene rings is 1. The first-order chi connectivity index (χ1) is 5.52. The van der Waals surface area contributed by atoms with Crippen molar-refractivity contribution in [3.05, 3.63) is 12.1 Å². The van der Waals surface area contributed by atoms with Crippen LogP contribution in [0.3, 0.4) is 0 Å². The summed E-state index contributed by atoms with van der Waals surface area (Å²) in [7, 11) is 0. The number of fused-ring (bicyclic) bond motifs is 1. The zero-order valence-corrected chi connectivity index (χ0v) is 6.40.